The zero-order valence-electron chi connectivity index (χ0n) is 20.1. The number of carbonyl (C=O) groups is 2. The molecule has 1 atom stereocenters. The summed E-state index contributed by atoms with van der Waals surface area (Å²) in [7, 11) is 0. The predicted octanol–water partition coefficient (Wildman–Crippen LogP) is 5.82. The van der Waals surface area contributed by atoms with Crippen molar-refractivity contribution in [3.8, 4) is 11.6 Å². The summed E-state index contributed by atoms with van der Waals surface area (Å²) in [5.41, 5.74) is 2.44. The van der Waals surface area contributed by atoms with E-state index in [-0.39, 0.29) is 23.4 Å². The summed E-state index contributed by atoms with van der Waals surface area (Å²) >= 11 is 6.05. The number of aromatic nitrogens is 1. The lowest BCUT2D eigenvalue weighted by Gasteiger charge is -2.32. The van der Waals surface area contributed by atoms with E-state index in [0.717, 1.165) is 11.1 Å². The number of rotatable bonds is 7. The number of carbonyl (C=O) groups excluding carboxylic acids is 1. The fraction of sp³-hybridized carbons (Fsp3) is 0.103. The summed E-state index contributed by atoms with van der Waals surface area (Å²) in [6.07, 6.45) is 0. The number of pyridine rings is 1. The molecule has 2 heterocycles. The van der Waals surface area contributed by atoms with Crippen LogP contribution in [0.15, 0.2) is 102 Å². The van der Waals surface area contributed by atoms with E-state index in [1.807, 2.05) is 42.5 Å². The van der Waals surface area contributed by atoms with Crippen LogP contribution in [-0.2, 0) is 11.3 Å². The van der Waals surface area contributed by atoms with Gasteiger partial charge in [-0.05, 0) is 53.6 Å². The Balaban J connectivity index is 1.35. The normalized spacial score (nSPS) is 15.1. The Labute approximate surface area is 224 Å². The minimum atomic E-state index is -1.13. The highest BCUT2D eigenvalue weighted by atomic mass is 35.5. The lowest BCUT2D eigenvalue weighted by molar-refractivity contribution is -0.129. The summed E-state index contributed by atoms with van der Waals surface area (Å²) in [6, 6.07) is 28.6. The Morgan fingerprint density at radius 2 is 1.71 bits per heavy atom. The van der Waals surface area contributed by atoms with Gasteiger partial charge in [0.1, 0.15) is 5.75 Å². The third-order valence-corrected chi connectivity index (χ3v) is 6.23. The molecule has 8 nitrogen and oxygen atoms in total. The van der Waals surface area contributed by atoms with Gasteiger partial charge in [-0.3, -0.25) is 14.7 Å². The van der Waals surface area contributed by atoms with Gasteiger partial charge < -0.3 is 15.2 Å². The van der Waals surface area contributed by atoms with Gasteiger partial charge >= 0.3 is 5.97 Å². The number of hydrogen-bond acceptors (Lipinski definition) is 6. The van der Waals surface area contributed by atoms with Crippen molar-refractivity contribution in [2.75, 3.05) is 11.9 Å². The number of anilines is 1. The van der Waals surface area contributed by atoms with Crippen LogP contribution in [0.3, 0.4) is 0 Å². The zero-order valence-corrected chi connectivity index (χ0v) is 20.9. The van der Waals surface area contributed by atoms with Crippen LogP contribution in [0.4, 0.5) is 5.69 Å². The van der Waals surface area contributed by atoms with E-state index in [4.69, 9.17) is 26.4 Å². The summed E-state index contributed by atoms with van der Waals surface area (Å²) in [4.78, 5) is 35.1. The van der Waals surface area contributed by atoms with Crippen LogP contribution in [0, 0.1) is 0 Å². The Morgan fingerprint density at radius 3 is 2.42 bits per heavy atom. The van der Waals surface area contributed by atoms with Crippen molar-refractivity contribution in [3.63, 3.8) is 0 Å². The first-order valence-electron chi connectivity index (χ1n) is 11.9. The number of aliphatic imine (C=N–C) groups is 1. The summed E-state index contributed by atoms with van der Waals surface area (Å²) in [5, 5.41) is 13.0. The maximum absolute atomic E-state index is 13.6. The van der Waals surface area contributed by atoms with Crippen LogP contribution < -0.4 is 10.1 Å². The molecule has 3 aromatic carbocycles. The maximum Gasteiger partial charge on any atom is 0.354 e. The predicted molar refractivity (Wildman–Crippen MR) is 145 cm³/mol. The second-order valence-electron chi connectivity index (χ2n) is 8.60. The molecule has 0 saturated carbocycles. The number of aromatic carboxylic acids is 1. The zero-order chi connectivity index (χ0) is 26.5. The average molecular weight is 527 g/mol. The minimum absolute atomic E-state index is 0.0482. The molecule has 1 aromatic heterocycles. The van der Waals surface area contributed by atoms with Crippen LogP contribution in [0.25, 0.3) is 0 Å². The van der Waals surface area contributed by atoms with Crippen LogP contribution in [0.2, 0.25) is 5.02 Å². The largest absolute Gasteiger partial charge is 0.477 e. The smallest absolute Gasteiger partial charge is 0.354 e. The van der Waals surface area contributed by atoms with E-state index in [1.165, 1.54) is 6.07 Å². The monoisotopic (exact) mass is 526 g/mol. The molecule has 0 fully saturated rings. The fourth-order valence-corrected chi connectivity index (χ4v) is 4.17. The third kappa shape index (κ3) is 5.82. The van der Waals surface area contributed by atoms with Gasteiger partial charge in [0.05, 0.1) is 19.0 Å². The number of guanidine groups is 1. The lowest BCUT2D eigenvalue weighted by Crippen LogP contribution is -2.47. The standard InChI is InChI=1S/C29H23ClN4O4/c30-21-11-9-19(10-12-21)18-34-27(35)24(20-5-2-1-3-6-20)17-31-29(34)32-22-13-15-23(16-14-22)38-26-8-4-7-25(33-26)28(36)37/h1-16,24H,17-18H2,(H,31,32)(H,36,37). The Hall–Kier alpha value is -4.69. The topological polar surface area (TPSA) is 104 Å². The number of carboxylic acids is 1. The van der Waals surface area contributed by atoms with Crippen molar-refractivity contribution < 1.29 is 19.4 Å². The van der Waals surface area contributed by atoms with Crippen molar-refractivity contribution in [1.29, 1.82) is 0 Å². The Bertz CT molecular complexity index is 1470. The van der Waals surface area contributed by atoms with Gasteiger partial charge in [-0.15, -0.1) is 0 Å². The Morgan fingerprint density at radius 1 is 0.974 bits per heavy atom. The number of ether oxygens (including phenoxy) is 1. The van der Waals surface area contributed by atoms with Crippen LogP contribution >= 0.6 is 11.6 Å². The number of nitrogens with one attached hydrogen (secondary N) is 1. The fourth-order valence-electron chi connectivity index (χ4n) is 4.05. The highest BCUT2D eigenvalue weighted by Gasteiger charge is 2.33. The van der Waals surface area contributed by atoms with Crippen molar-refractivity contribution >= 4 is 35.1 Å². The first-order chi connectivity index (χ1) is 18.5. The number of benzene rings is 3. The van der Waals surface area contributed by atoms with Crippen LogP contribution in [0.1, 0.15) is 27.5 Å². The highest BCUT2D eigenvalue weighted by molar-refractivity contribution is 6.30. The van der Waals surface area contributed by atoms with Crippen molar-refractivity contribution in [2.24, 2.45) is 4.99 Å². The third-order valence-electron chi connectivity index (χ3n) is 5.97. The molecule has 0 spiro atoms. The van der Waals surface area contributed by atoms with E-state index < -0.39 is 5.97 Å². The van der Waals surface area contributed by atoms with E-state index in [1.54, 1.807) is 53.4 Å². The van der Waals surface area contributed by atoms with E-state index in [2.05, 4.69) is 10.3 Å². The first-order valence-corrected chi connectivity index (χ1v) is 12.2. The molecule has 38 heavy (non-hydrogen) atoms. The van der Waals surface area contributed by atoms with Gasteiger partial charge in [-0.25, -0.2) is 9.78 Å². The molecule has 1 aliphatic heterocycles. The number of hydrogen-bond donors (Lipinski definition) is 2. The lowest BCUT2D eigenvalue weighted by atomic mass is 9.96. The van der Waals surface area contributed by atoms with Crippen molar-refractivity contribution in [3.05, 3.63) is 119 Å². The van der Waals surface area contributed by atoms with Gasteiger partial charge in [-0.2, -0.15) is 0 Å². The second-order valence-corrected chi connectivity index (χ2v) is 9.03. The summed E-state index contributed by atoms with van der Waals surface area (Å²) in [5.74, 6) is -0.452. The molecule has 0 radical (unpaired) electrons. The number of halogens is 1. The van der Waals surface area contributed by atoms with Gasteiger partial charge in [0.25, 0.3) is 0 Å². The van der Waals surface area contributed by atoms with Crippen molar-refractivity contribution in [1.82, 2.24) is 9.88 Å². The number of amides is 1. The molecule has 2 N–H and O–H groups in total. The molecular formula is C29H23ClN4O4. The number of carboxylic acid groups (broad SMARTS) is 1. The van der Waals surface area contributed by atoms with Gasteiger partial charge in [0.2, 0.25) is 17.7 Å². The van der Waals surface area contributed by atoms with Gasteiger partial charge in [-0.1, -0.05) is 60.1 Å². The molecule has 4 aromatic rings. The summed E-state index contributed by atoms with van der Waals surface area (Å²) in [6.45, 7) is 0.660. The van der Waals surface area contributed by atoms with Crippen molar-refractivity contribution in [2.45, 2.75) is 12.5 Å². The molecule has 1 aliphatic rings. The minimum Gasteiger partial charge on any atom is -0.477 e. The summed E-state index contributed by atoms with van der Waals surface area (Å²) < 4.78 is 5.70. The molecule has 5 rings (SSSR count). The quantitative estimate of drug-likeness (QED) is 0.314. The van der Waals surface area contributed by atoms with Gasteiger partial charge in [0.15, 0.2) is 5.69 Å². The maximum atomic E-state index is 13.6. The molecule has 190 valence electrons. The molecule has 0 bridgehead atoms. The van der Waals surface area contributed by atoms with E-state index in [0.29, 0.717) is 35.5 Å². The molecule has 1 unspecified atom stereocenters. The second kappa shape index (κ2) is 11.1. The highest BCUT2D eigenvalue weighted by Crippen LogP contribution is 2.27. The van der Waals surface area contributed by atoms with Gasteiger partial charge in [0, 0.05) is 16.8 Å². The first kappa shape index (κ1) is 25.0. The van der Waals surface area contributed by atoms with Crippen LogP contribution in [-0.4, -0.2) is 39.4 Å². The molecule has 9 heteroatoms. The molecular weight excluding hydrogens is 504 g/mol. The van der Waals surface area contributed by atoms with E-state index >= 15 is 0 Å². The molecule has 0 aliphatic carbocycles. The van der Waals surface area contributed by atoms with Crippen LogP contribution in [0.5, 0.6) is 11.6 Å². The molecule has 1 amide bonds. The average Bonchev–Trinajstić information content (AvgIpc) is 2.93. The number of nitrogens with zero attached hydrogens (tertiary/aromatic N) is 3. The van der Waals surface area contributed by atoms with E-state index in [9.17, 15) is 9.59 Å². The SMILES string of the molecule is O=C(O)c1cccc(Oc2ccc(NC3=NCC(c4ccccc4)C(=O)N3Cc3ccc(Cl)cc3)cc2)n1. The molecule has 0 saturated heterocycles. The Kier molecular flexibility index (Phi) is 7.33.